The van der Waals surface area contributed by atoms with Gasteiger partial charge >= 0.3 is 11.9 Å². The number of hydrogen-bond acceptors (Lipinski definition) is 8. The van der Waals surface area contributed by atoms with Crippen LogP contribution in [0.2, 0.25) is 0 Å². The van der Waals surface area contributed by atoms with Crippen molar-refractivity contribution in [1.82, 2.24) is 4.98 Å². The maximum Gasteiger partial charge on any atom is 0.336 e. The molecule has 1 aromatic heterocycles. The largest absolute Gasteiger partial charge is 0.466 e. The summed E-state index contributed by atoms with van der Waals surface area (Å²) in [5, 5.41) is 13.2. The molecule has 1 N–H and O–H groups in total. The number of esters is 2. The number of nitro groups is 1. The number of nitrogens with zero attached hydrogens (tertiary/aromatic N) is 2. The van der Waals surface area contributed by atoms with E-state index in [1.54, 1.807) is 13.8 Å². The van der Waals surface area contributed by atoms with Crippen molar-refractivity contribution in [3.8, 4) is 0 Å². The molecule has 0 aromatic carbocycles. The van der Waals surface area contributed by atoms with Crippen LogP contribution in [0.1, 0.15) is 20.3 Å². The van der Waals surface area contributed by atoms with Gasteiger partial charge in [0.1, 0.15) is 12.0 Å². The molecule has 0 aliphatic heterocycles. The molecule has 0 unspecified atom stereocenters. The van der Waals surface area contributed by atoms with Crippen LogP contribution >= 0.6 is 0 Å². The van der Waals surface area contributed by atoms with Gasteiger partial charge in [-0.1, -0.05) is 0 Å². The fourth-order valence-corrected chi connectivity index (χ4v) is 1.51. The molecule has 0 aliphatic rings. The molecular weight excluding hydrogens is 306 g/mol. The zero-order valence-corrected chi connectivity index (χ0v) is 12.8. The van der Waals surface area contributed by atoms with Crippen molar-refractivity contribution < 1.29 is 24.0 Å². The number of hydrogen-bond donors (Lipinski definition) is 1. The number of aromatic nitrogens is 1. The number of nitrogens with one attached hydrogen (secondary N) is 1. The SMILES string of the molecule is CCOC(=O)CC(=CNc1ccc([N+](=O)[O-])cn1)C(=O)OCC. The van der Waals surface area contributed by atoms with E-state index in [9.17, 15) is 19.7 Å². The van der Waals surface area contributed by atoms with E-state index in [2.05, 4.69) is 10.3 Å². The Morgan fingerprint density at radius 1 is 1.30 bits per heavy atom. The Kier molecular flexibility index (Phi) is 7.18. The van der Waals surface area contributed by atoms with Crippen LogP contribution in [0.4, 0.5) is 11.5 Å². The Balaban J connectivity index is 2.83. The second-order valence-electron chi connectivity index (χ2n) is 4.17. The van der Waals surface area contributed by atoms with Crippen LogP contribution in [0, 0.1) is 10.1 Å². The van der Waals surface area contributed by atoms with Gasteiger partial charge in [-0.15, -0.1) is 0 Å². The van der Waals surface area contributed by atoms with Crippen LogP contribution in [0.25, 0.3) is 0 Å². The highest BCUT2D eigenvalue weighted by molar-refractivity contribution is 5.94. The molecule has 1 heterocycles. The number of anilines is 1. The van der Waals surface area contributed by atoms with E-state index in [-0.39, 0.29) is 36.7 Å². The maximum atomic E-state index is 11.8. The summed E-state index contributed by atoms with van der Waals surface area (Å²) in [6, 6.07) is 2.64. The van der Waals surface area contributed by atoms with Crippen molar-refractivity contribution in [3.05, 3.63) is 40.2 Å². The molecule has 23 heavy (non-hydrogen) atoms. The molecule has 0 spiro atoms. The second-order valence-corrected chi connectivity index (χ2v) is 4.17. The van der Waals surface area contributed by atoms with E-state index in [0.717, 1.165) is 6.20 Å². The Morgan fingerprint density at radius 2 is 2.00 bits per heavy atom. The third-order valence-corrected chi connectivity index (χ3v) is 2.53. The molecule has 0 saturated carbocycles. The van der Waals surface area contributed by atoms with Gasteiger partial charge in [0.25, 0.3) is 5.69 Å². The molecule has 0 fully saturated rings. The van der Waals surface area contributed by atoms with E-state index in [1.807, 2.05) is 0 Å². The molecule has 9 nitrogen and oxygen atoms in total. The molecule has 0 radical (unpaired) electrons. The van der Waals surface area contributed by atoms with Crippen molar-refractivity contribution in [2.45, 2.75) is 20.3 Å². The Hall–Kier alpha value is -2.97. The summed E-state index contributed by atoms with van der Waals surface area (Å²) in [6.45, 7) is 3.66. The highest BCUT2D eigenvalue weighted by Gasteiger charge is 2.16. The quantitative estimate of drug-likeness (QED) is 0.333. The molecule has 0 saturated heterocycles. The number of rotatable bonds is 8. The van der Waals surface area contributed by atoms with Gasteiger partial charge in [-0.3, -0.25) is 14.9 Å². The third-order valence-electron chi connectivity index (χ3n) is 2.53. The summed E-state index contributed by atoms with van der Waals surface area (Å²) in [4.78, 5) is 37.1. The van der Waals surface area contributed by atoms with E-state index >= 15 is 0 Å². The maximum absolute atomic E-state index is 11.8. The lowest BCUT2D eigenvalue weighted by Crippen LogP contribution is -2.15. The van der Waals surface area contributed by atoms with Crippen LogP contribution in [0.15, 0.2) is 30.1 Å². The summed E-state index contributed by atoms with van der Waals surface area (Å²) in [5.74, 6) is -0.943. The van der Waals surface area contributed by atoms with E-state index in [4.69, 9.17) is 9.47 Å². The standard InChI is InChI=1S/C14H17N3O6/c1-3-22-13(18)7-10(14(19)23-4-2)8-15-12-6-5-11(9-16-12)17(20)21/h5-6,8-9H,3-4,7H2,1-2H3,(H,15,16). The first-order chi connectivity index (χ1) is 11.0. The van der Waals surface area contributed by atoms with Gasteiger partial charge in [0.2, 0.25) is 0 Å². The van der Waals surface area contributed by atoms with Gasteiger partial charge in [-0.25, -0.2) is 9.78 Å². The molecule has 1 aromatic rings. The lowest BCUT2D eigenvalue weighted by atomic mass is 10.2. The van der Waals surface area contributed by atoms with E-state index < -0.39 is 16.9 Å². The molecule has 0 amide bonds. The monoisotopic (exact) mass is 323 g/mol. The third kappa shape index (κ3) is 6.12. The number of carbonyl (C=O) groups is 2. The number of ether oxygens (including phenoxy) is 2. The van der Waals surface area contributed by atoms with Crippen molar-refractivity contribution in [1.29, 1.82) is 0 Å². The lowest BCUT2D eigenvalue weighted by molar-refractivity contribution is -0.385. The van der Waals surface area contributed by atoms with Gasteiger partial charge in [-0.05, 0) is 19.9 Å². The van der Waals surface area contributed by atoms with E-state index in [1.165, 1.54) is 18.3 Å². The second kappa shape index (κ2) is 9.13. The van der Waals surface area contributed by atoms with Crippen LogP contribution < -0.4 is 5.32 Å². The number of pyridine rings is 1. The summed E-state index contributed by atoms with van der Waals surface area (Å²) >= 11 is 0. The van der Waals surface area contributed by atoms with Crippen molar-refractivity contribution >= 4 is 23.4 Å². The average Bonchev–Trinajstić information content (AvgIpc) is 2.52. The first kappa shape index (κ1) is 18.1. The minimum Gasteiger partial charge on any atom is -0.466 e. The van der Waals surface area contributed by atoms with Gasteiger partial charge in [0.05, 0.1) is 30.1 Å². The molecule has 0 bridgehead atoms. The number of carbonyl (C=O) groups excluding carboxylic acids is 2. The predicted molar refractivity (Wildman–Crippen MR) is 80.5 cm³/mol. The fraction of sp³-hybridized carbons (Fsp3) is 0.357. The Morgan fingerprint density at radius 3 is 2.52 bits per heavy atom. The van der Waals surface area contributed by atoms with Crippen LogP contribution in [0.3, 0.4) is 0 Å². The van der Waals surface area contributed by atoms with Crippen LogP contribution in [-0.2, 0) is 19.1 Å². The summed E-state index contributed by atoms with van der Waals surface area (Å²) in [6.07, 6.45) is 2.08. The Bertz CT molecular complexity index is 597. The molecule has 9 heteroatoms. The smallest absolute Gasteiger partial charge is 0.336 e. The van der Waals surface area contributed by atoms with Gasteiger partial charge in [0, 0.05) is 12.3 Å². The highest BCUT2D eigenvalue weighted by atomic mass is 16.6. The molecule has 124 valence electrons. The zero-order chi connectivity index (χ0) is 17.2. The molecule has 0 aliphatic carbocycles. The first-order valence-corrected chi connectivity index (χ1v) is 6.86. The normalized spacial score (nSPS) is 10.8. The van der Waals surface area contributed by atoms with Crippen molar-refractivity contribution in [3.63, 3.8) is 0 Å². The summed E-state index contributed by atoms with van der Waals surface area (Å²) in [7, 11) is 0. The first-order valence-electron chi connectivity index (χ1n) is 6.86. The van der Waals surface area contributed by atoms with Crippen LogP contribution in [0.5, 0.6) is 0 Å². The van der Waals surface area contributed by atoms with Gasteiger partial charge in [-0.2, -0.15) is 0 Å². The molecule has 0 atom stereocenters. The topological polar surface area (TPSA) is 121 Å². The zero-order valence-electron chi connectivity index (χ0n) is 12.8. The van der Waals surface area contributed by atoms with Gasteiger partial charge < -0.3 is 14.8 Å². The fourth-order valence-electron chi connectivity index (χ4n) is 1.51. The predicted octanol–water partition coefficient (Wildman–Crippen LogP) is 1.80. The van der Waals surface area contributed by atoms with Crippen LogP contribution in [-0.4, -0.2) is 35.1 Å². The highest BCUT2D eigenvalue weighted by Crippen LogP contribution is 2.13. The molecular formula is C14H17N3O6. The summed E-state index contributed by atoms with van der Waals surface area (Å²) in [5.41, 5.74) is -0.0953. The minimum atomic E-state index is -0.657. The van der Waals surface area contributed by atoms with Gasteiger partial charge in [0.15, 0.2) is 0 Å². The molecule has 1 rings (SSSR count). The van der Waals surface area contributed by atoms with Crippen molar-refractivity contribution in [2.75, 3.05) is 18.5 Å². The Labute approximate surface area is 132 Å². The average molecular weight is 323 g/mol. The lowest BCUT2D eigenvalue weighted by Gasteiger charge is -2.07. The van der Waals surface area contributed by atoms with E-state index in [0.29, 0.717) is 0 Å². The summed E-state index contributed by atoms with van der Waals surface area (Å²) < 4.78 is 9.65. The minimum absolute atomic E-state index is 0.0606. The van der Waals surface area contributed by atoms with Crippen molar-refractivity contribution in [2.24, 2.45) is 0 Å².